The van der Waals surface area contributed by atoms with Gasteiger partial charge in [0.2, 0.25) is 0 Å². The predicted molar refractivity (Wildman–Crippen MR) is 70.9 cm³/mol. The van der Waals surface area contributed by atoms with Crippen molar-refractivity contribution in [3.8, 4) is 0 Å². The van der Waals surface area contributed by atoms with Gasteiger partial charge in [0, 0.05) is 0 Å². The summed E-state index contributed by atoms with van der Waals surface area (Å²) in [6, 6.07) is 3.44. The van der Waals surface area contributed by atoms with Crippen LogP contribution in [0.4, 0.5) is 0 Å². The first-order valence-electron chi connectivity index (χ1n) is 6.10. The number of carboxylic acid groups (broad SMARTS) is 1. The molecule has 2 rings (SSSR count). The van der Waals surface area contributed by atoms with Crippen LogP contribution in [0.25, 0.3) is 11.0 Å². The Kier molecular flexibility index (Phi) is 3.60. The van der Waals surface area contributed by atoms with Crippen molar-refractivity contribution in [3.05, 3.63) is 34.2 Å². The van der Waals surface area contributed by atoms with E-state index in [1.54, 1.807) is 13.8 Å². The van der Waals surface area contributed by atoms with Crippen molar-refractivity contribution < 1.29 is 19.4 Å². The summed E-state index contributed by atoms with van der Waals surface area (Å²) in [6.45, 7) is 3.46. The van der Waals surface area contributed by atoms with Gasteiger partial charge in [-0.25, -0.2) is 14.4 Å². The molecule has 1 unspecified atom stereocenters. The van der Waals surface area contributed by atoms with Gasteiger partial charge in [-0.2, -0.15) is 0 Å². The van der Waals surface area contributed by atoms with Crippen molar-refractivity contribution in [2.24, 2.45) is 0 Å². The minimum Gasteiger partial charge on any atom is -0.478 e. The number of nitrogens with one attached hydrogen (secondary N) is 1. The highest BCUT2D eigenvalue weighted by Crippen LogP contribution is 2.17. The number of benzene rings is 1. The third-order valence-corrected chi connectivity index (χ3v) is 2.98. The fraction of sp³-hybridized carbons (Fsp3) is 0.308. The number of imidazole rings is 1. The highest BCUT2D eigenvalue weighted by atomic mass is 16.5. The van der Waals surface area contributed by atoms with E-state index >= 15 is 0 Å². The summed E-state index contributed by atoms with van der Waals surface area (Å²) < 4.78 is 6.14. The summed E-state index contributed by atoms with van der Waals surface area (Å²) in [4.78, 5) is 37.1. The molecule has 0 saturated heterocycles. The molecule has 1 aromatic carbocycles. The molecule has 2 aromatic rings. The molecule has 0 bridgehead atoms. The number of fused-ring (bicyclic) bond motifs is 1. The van der Waals surface area contributed by atoms with Crippen molar-refractivity contribution in [1.29, 1.82) is 0 Å². The van der Waals surface area contributed by atoms with Crippen LogP contribution in [0.15, 0.2) is 23.0 Å². The highest BCUT2D eigenvalue weighted by molar-refractivity contribution is 5.92. The molecule has 0 fully saturated rings. The van der Waals surface area contributed by atoms with Crippen LogP contribution in [0.2, 0.25) is 0 Å². The van der Waals surface area contributed by atoms with Crippen LogP contribution < -0.4 is 5.69 Å². The first kappa shape index (κ1) is 13.9. The summed E-state index contributed by atoms with van der Waals surface area (Å²) in [7, 11) is 0. The summed E-state index contributed by atoms with van der Waals surface area (Å²) in [5.41, 5.74) is 0.407. The Morgan fingerprint density at radius 2 is 2.15 bits per heavy atom. The standard InChI is InChI=1S/C13H14N2O5/c1-3-20-12(18)7(2)15-10-5-4-8(11(16)17)6-9(10)14-13(15)19/h4-7H,3H2,1-2H3,(H,14,19)(H,16,17). The van der Waals surface area contributed by atoms with Gasteiger partial charge >= 0.3 is 17.6 Å². The topological polar surface area (TPSA) is 101 Å². The molecule has 106 valence electrons. The maximum atomic E-state index is 11.9. The number of carbonyl (C=O) groups excluding carboxylic acids is 1. The monoisotopic (exact) mass is 278 g/mol. The fourth-order valence-electron chi connectivity index (χ4n) is 2.02. The van der Waals surface area contributed by atoms with Crippen LogP contribution >= 0.6 is 0 Å². The van der Waals surface area contributed by atoms with E-state index in [-0.39, 0.29) is 12.2 Å². The van der Waals surface area contributed by atoms with Gasteiger partial charge in [-0.1, -0.05) is 0 Å². The van der Waals surface area contributed by atoms with Gasteiger partial charge < -0.3 is 14.8 Å². The Morgan fingerprint density at radius 3 is 2.75 bits per heavy atom. The Hall–Kier alpha value is -2.57. The molecule has 2 N–H and O–H groups in total. The zero-order valence-corrected chi connectivity index (χ0v) is 11.0. The maximum absolute atomic E-state index is 11.9. The molecular weight excluding hydrogens is 264 g/mol. The number of aromatic amines is 1. The Labute approximate surface area is 113 Å². The van der Waals surface area contributed by atoms with Crippen LogP contribution in [0, 0.1) is 0 Å². The van der Waals surface area contributed by atoms with Gasteiger partial charge in [0.05, 0.1) is 23.2 Å². The zero-order chi connectivity index (χ0) is 14.9. The van der Waals surface area contributed by atoms with Gasteiger partial charge in [-0.3, -0.25) is 4.57 Å². The van der Waals surface area contributed by atoms with Gasteiger partial charge in [0.25, 0.3) is 0 Å². The molecule has 0 spiro atoms. The Morgan fingerprint density at radius 1 is 1.45 bits per heavy atom. The molecule has 1 heterocycles. The fourth-order valence-corrected chi connectivity index (χ4v) is 2.02. The lowest BCUT2D eigenvalue weighted by molar-refractivity contribution is -0.146. The van der Waals surface area contributed by atoms with E-state index < -0.39 is 23.7 Å². The molecule has 0 aliphatic carbocycles. The smallest absolute Gasteiger partial charge is 0.335 e. The number of aromatic carboxylic acids is 1. The molecule has 0 amide bonds. The van der Waals surface area contributed by atoms with Gasteiger partial charge in [-0.15, -0.1) is 0 Å². The van der Waals surface area contributed by atoms with Crippen LogP contribution in [-0.2, 0) is 9.53 Å². The molecule has 1 aromatic heterocycles. The summed E-state index contributed by atoms with van der Waals surface area (Å²) in [5, 5.41) is 8.91. The second kappa shape index (κ2) is 5.20. The number of nitrogens with zero attached hydrogens (tertiary/aromatic N) is 1. The second-order valence-corrected chi connectivity index (χ2v) is 4.27. The first-order chi connectivity index (χ1) is 9.45. The van der Waals surface area contributed by atoms with E-state index in [9.17, 15) is 14.4 Å². The quantitative estimate of drug-likeness (QED) is 0.817. The van der Waals surface area contributed by atoms with Crippen LogP contribution in [-0.4, -0.2) is 33.2 Å². The van der Waals surface area contributed by atoms with Crippen LogP contribution in [0.5, 0.6) is 0 Å². The van der Waals surface area contributed by atoms with E-state index in [2.05, 4.69) is 4.98 Å². The minimum absolute atomic E-state index is 0.0645. The molecule has 0 aliphatic rings. The number of carbonyl (C=O) groups is 2. The lowest BCUT2D eigenvalue weighted by Crippen LogP contribution is -2.27. The summed E-state index contributed by atoms with van der Waals surface area (Å²) in [6.07, 6.45) is 0. The van der Waals surface area contributed by atoms with E-state index in [0.717, 1.165) is 0 Å². The van der Waals surface area contributed by atoms with E-state index in [1.165, 1.54) is 22.8 Å². The minimum atomic E-state index is -1.08. The predicted octanol–water partition coefficient (Wildman–Crippen LogP) is 1.15. The highest BCUT2D eigenvalue weighted by Gasteiger charge is 2.21. The molecule has 0 radical (unpaired) electrons. The van der Waals surface area contributed by atoms with E-state index in [1.807, 2.05) is 0 Å². The summed E-state index contributed by atoms with van der Waals surface area (Å²) >= 11 is 0. The zero-order valence-electron chi connectivity index (χ0n) is 11.0. The average Bonchev–Trinajstić information content (AvgIpc) is 2.72. The van der Waals surface area contributed by atoms with Crippen LogP contribution in [0.3, 0.4) is 0 Å². The van der Waals surface area contributed by atoms with E-state index in [0.29, 0.717) is 11.0 Å². The lowest BCUT2D eigenvalue weighted by Gasteiger charge is -2.12. The molecule has 7 heteroatoms. The number of esters is 1. The largest absolute Gasteiger partial charge is 0.478 e. The number of H-pyrrole nitrogens is 1. The molecule has 1 atom stereocenters. The average molecular weight is 278 g/mol. The maximum Gasteiger partial charge on any atom is 0.335 e. The third kappa shape index (κ3) is 2.29. The second-order valence-electron chi connectivity index (χ2n) is 4.27. The van der Waals surface area contributed by atoms with E-state index in [4.69, 9.17) is 9.84 Å². The SMILES string of the molecule is CCOC(=O)C(C)n1c(=O)[nH]c2cc(C(=O)O)ccc21. The van der Waals surface area contributed by atoms with Crippen molar-refractivity contribution in [3.63, 3.8) is 0 Å². The number of carboxylic acids is 1. The lowest BCUT2D eigenvalue weighted by atomic mass is 10.2. The molecule has 0 saturated carbocycles. The van der Waals surface area contributed by atoms with Crippen molar-refractivity contribution in [2.75, 3.05) is 6.61 Å². The Bertz CT molecular complexity index is 728. The number of hydrogen-bond acceptors (Lipinski definition) is 4. The summed E-state index contributed by atoms with van der Waals surface area (Å²) in [5.74, 6) is -1.60. The Balaban J connectivity index is 2.54. The van der Waals surface area contributed by atoms with Crippen LogP contribution in [0.1, 0.15) is 30.2 Å². The van der Waals surface area contributed by atoms with Crippen molar-refractivity contribution in [1.82, 2.24) is 9.55 Å². The number of aromatic nitrogens is 2. The first-order valence-corrected chi connectivity index (χ1v) is 6.10. The molecule has 7 nitrogen and oxygen atoms in total. The van der Waals surface area contributed by atoms with Gasteiger partial charge in [-0.05, 0) is 32.0 Å². The normalized spacial score (nSPS) is 12.3. The number of ether oxygens (including phenoxy) is 1. The third-order valence-electron chi connectivity index (χ3n) is 2.98. The van der Waals surface area contributed by atoms with Crippen molar-refractivity contribution in [2.45, 2.75) is 19.9 Å². The molecular formula is C13H14N2O5. The van der Waals surface area contributed by atoms with Gasteiger partial charge in [0.15, 0.2) is 0 Å². The molecule has 20 heavy (non-hydrogen) atoms. The molecule has 0 aliphatic heterocycles. The van der Waals surface area contributed by atoms with Crippen molar-refractivity contribution >= 4 is 23.0 Å². The number of hydrogen-bond donors (Lipinski definition) is 2. The van der Waals surface area contributed by atoms with Gasteiger partial charge in [0.1, 0.15) is 6.04 Å². The number of rotatable bonds is 4.